The van der Waals surface area contributed by atoms with Crippen molar-refractivity contribution in [1.82, 2.24) is 9.99 Å². The summed E-state index contributed by atoms with van der Waals surface area (Å²) in [7, 11) is 0. The summed E-state index contributed by atoms with van der Waals surface area (Å²) >= 11 is 6.07. The van der Waals surface area contributed by atoms with Crippen LogP contribution < -0.4 is 5.84 Å². The number of nitrogens with two attached hydrogens (primary N) is 1. The van der Waals surface area contributed by atoms with Crippen molar-refractivity contribution in [2.24, 2.45) is 5.84 Å². The summed E-state index contributed by atoms with van der Waals surface area (Å²) in [4.78, 5) is 16.1. The highest BCUT2D eigenvalue weighted by molar-refractivity contribution is 8.26. The third-order valence-electron chi connectivity index (χ3n) is 1.79. The fraction of sp³-hybridized carbons (Fsp3) is 0. The maximum atomic E-state index is 11.5. The molecule has 1 aliphatic rings. The average molecular weight is 237 g/mol. The summed E-state index contributed by atoms with van der Waals surface area (Å²) in [6, 6.07) is 5.47. The molecule has 1 aliphatic heterocycles. The summed E-state index contributed by atoms with van der Waals surface area (Å²) < 4.78 is 0.363. The second-order valence-corrected chi connectivity index (χ2v) is 4.48. The third kappa shape index (κ3) is 2.06. The van der Waals surface area contributed by atoms with Gasteiger partial charge in [-0.25, -0.2) is 10.9 Å². The first-order chi connectivity index (χ1) is 7.18. The highest BCUT2D eigenvalue weighted by Gasteiger charge is 2.29. The number of carbonyl (C=O) groups excluding carboxylic acids is 1. The SMILES string of the molecule is NN1C(=O)/C(=C/c2ccccn2)SC1=S. The van der Waals surface area contributed by atoms with Gasteiger partial charge in [0.15, 0.2) is 4.32 Å². The van der Waals surface area contributed by atoms with E-state index in [1.54, 1.807) is 12.3 Å². The van der Waals surface area contributed by atoms with E-state index in [4.69, 9.17) is 18.1 Å². The number of pyridine rings is 1. The molecule has 2 rings (SSSR count). The summed E-state index contributed by atoms with van der Waals surface area (Å²) in [6.45, 7) is 0. The van der Waals surface area contributed by atoms with Gasteiger partial charge in [-0.2, -0.15) is 0 Å². The van der Waals surface area contributed by atoms with Gasteiger partial charge in [-0.1, -0.05) is 30.0 Å². The van der Waals surface area contributed by atoms with E-state index in [-0.39, 0.29) is 5.91 Å². The Bertz CT molecular complexity index is 444. The minimum Gasteiger partial charge on any atom is -0.267 e. The highest BCUT2D eigenvalue weighted by Crippen LogP contribution is 2.29. The van der Waals surface area contributed by atoms with Crippen molar-refractivity contribution >= 4 is 40.3 Å². The lowest BCUT2D eigenvalue weighted by atomic mass is 10.3. The van der Waals surface area contributed by atoms with Gasteiger partial charge in [0.2, 0.25) is 0 Å². The first-order valence-electron chi connectivity index (χ1n) is 4.12. The zero-order valence-electron chi connectivity index (χ0n) is 7.58. The highest BCUT2D eigenvalue weighted by atomic mass is 32.2. The molecule has 1 amide bonds. The average Bonchev–Trinajstić information content (AvgIpc) is 2.48. The Morgan fingerprint density at radius 1 is 1.53 bits per heavy atom. The molecule has 0 atom stereocenters. The predicted molar refractivity (Wildman–Crippen MR) is 63.4 cm³/mol. The molecule has 2 N–H and O–H groups in total. The van der Waals surface area contributed by atoms with Crippen LogP contribution in [0.25, 0.3) is 6.08 Å². The smallest absolute Gasteiger partial charge is 0.267 e. The molecule has 0 bridgehead atoms. The Balaban J connectivity index is 2.30. The molecule has 1 fully saturated rings. The van der Waals surface area contributed by atoms with Crippen LogP contribution in [-0.4, -0.2) is 20.2 Å². The third-order valence-corrected chi connectivity index (χ3v) is 3.12. The number of rotatable bonds is 1. The van der Waals surface area contributed by atoms with Gasteiger partial charge in [0.05, 0.1) is 10.6 Å². The van der Waals surface area contributed by atoms with E-state index in [1.165, 1.54) is 11.8 Å². The van der Waals surface area contributed by atoms with Gasteiger partial charge in [-0.05, 0) is 18.2 Å². The van der Waals surface area contributed by atoms with Crippen LogP contribution in [0.15, 0.2) is 29.3 Å². The summed E-state index contributed by atoms with van der Waals surface area (Å²) in [6.07, 6.45) is 3.33. The van der Waals surface area contributed by atoms with Gasteiger partial charge in [-0.3, -0.25) is 9.78 Å². The zero-order valence-corrected chi connectivity index (χ0v) is 9.22. The van der Waals surface area contributed by atoms with Gasteiger partial charge in [0.1, 0.15) is 0 Å². The molecule has 0 aliphatic carbocycles. The normalized spacial score (nSPS) is 19.0. The number of amides is 1. The Kier molecular flexibility index (Phi) is 2.81. The van der Waals surface area contributed by atoms with Crippen molar-refractivity contribution < 1.29 is 4.79 Å². The molecule has 1 aromatic rings. The lowest BCUT2D eigenvalue weighted by molar-refractivity contribution is -0.122. The summed E-state index contributed by atoms with van der Waals surface area (Å²) in [5.41, 5.74) is 0.714. The lowest BCUT2D eigenvalue weighted by Crippen LogP contribution is -2.34. The Morgan fingerprint density at radius 2 is 2.33 bits per heavy atom. The molecule has 76 valence electrons. The van der Waals surface area contributed by atoms with Crippen LogP contribution in [0.2, 0.25) is 0 Å². The van der Waals surface area contributed by atoms with Crippen molar-refractivity contribution in [3.63, 3.8) is 0 Å². The largest absolute Gasteiger partial charge is 0.280 e. The van der Waals surface area contributed by atoms with Crippen LogP contribution in [0.1, 0.15) is 5.69 Å². The number of thiocarbonyl (C=S) groups is 1. The van der Waals surface area contributed by atoms with Crippen molar-refractivity contribution in [3.8, 4) is 0 Å². The fourth-order valence-electron chi connectivity index (χ4n) is 1.08. The Hall–Kier alpha value is -1.24. The van der Waals surface area contributed by atoms with Crippen LogP contribution in [0.5, 0.6) is 0 Å². The second-order valence-electron chi connectivity index (χ2n) is 2.81. The molecule has 2 heterocycles. The van der Waals surface area contributed by atoms with Crippen LogP contribution >= 0.6 is 24.0 Å². The summed E-state index contributed by atoms with van der Waals surface area (Å²) in [5.74, 6) is 5.14. The van der Waals surface area contributed by atoms with Gasteiger partial charge in [0, 0.05) is 6.20 Å². The molecule has 0 saturated carbocycles. The van der Waals surface area contributed by atoms with E-state index < -0.39 is 0 Å². The lowest BCUT2D eigenvalue weighted by Gasteiger charge is -2.02. The van der Waals surface area contributed by atoms with E-state index in [1.807, 2.05) is 18.2 Å². The van der Waals surface area contributed by atoms with Gasteiger partial charge in [0.25, 0.3) is 5.91 Å². The molecule has 6 heteroatoms. The van der Waals surface area contributed by atoms with Crippen LogP contribution in [0.4, 0.5) is 0 Å². The minimum atomic E-state index is -0.282. The van der Waals surface area contributed by atoms with Crippen LogP contribution in [0, 0.1) is 0 Å². The predicted octanol–water partition coefficient (Wildman–Crippen LogP) is 1.16. The van der Waals surface area contributed by atoms with Crippen LogP contribution in [-0.2, 0) is 4.79 Å². The van der Waals surface area contributed by atoms with Crippen molar-refractivity contribution in [2.75, 3.05) is 0 Å². The Labute approximate surface area is 96.1 Å². The quantitative estimate of drug-likeness (QED) is 0.344. The van der Waals surface area contributed by atoms with Crippen molar-refractivity contribution in [2.45, 2.75) is 0 Å². The van der Waals surface area contributed by atoms with Gasteiger partial charge < -0.3 is 0 Å². The zero-order chi connectivity index (χ0) is 10.8. The van der Waals surface area contributed by atoms with E-state index >= 15 is 0 Å². The molecular formula is C9H7N3OS2. The molecule has 4 nitrogen and oxygen atoms in total. The minimum absolute atomic E-state index is 0.282. The Morgan fingerprint density at radius 3 is 2.87 bits per heavy atom. The first-order valence-corrected chi connectivity index (χ1v) is 5.34. The standard InChI is InChI=1S/C9H7N3OS2/c10-12-8(13)7(15-9(12)14)5-6-3-1-2-4-11-6/h1-5H,10H2/b7-5-. The number of hydrogen-bond donors (Lipinski definition) is 1. The molecule has 0 spiro atoms. The second kappa shape index (κ2) is 4.09. The number of carbonyl (C=O) groups is 1. The maximum Gasteiger partial charge on any atom is 0.280 e. The van der Waals surface area contributed by atoms with Crippen LogP contribution in [0.3, 0.4) is 0 Å². The van der Waals surface area contributed by atoms with E-state index in [0.29, 0.717) is 14.9 Å². The molecule has 0 unspecified atom stereocenters. The number of hydrogen-bond acceptors (Lipinski definition) is 5. The van der Waals surface area contributed by atoms with E-state index in [2.05, 4.69) is 4.98 Å². The molecule has 0 radical (unpaired) electrons. The number of aromatic nitrogens is 1. The summed E-state index contributed by atoms with van der Waals surface area (Å²) in [5, 5.41) is 0.967. The molecule has 15 heavy (non-hydrogen) atoms. The van der Waals surface area contributed by atoms with Crippen molar-refractivity contribution in [3.05, 3.63) is 35.0 Å². The molecule has 0 aromatic carbocycles. The number of hydrazine groups is 1. The molecule has 1 saturated heterocycles. The maximum absolute atomic E-state index is 11.5. The number of nitrogens with zero attached hydrogens (tertiary/aromatic N) is 2. The van der Waals surface area contributed by atoms with Gasteiger partial charge >= 0.3 is 0 Å². The molecular weight excluding hydrogens is 230 g/mol. The molecule has 1 aromatic heterocycles. The number of thioether (sulfide) groups is 1. The fourth-order valence-corrected chi connectivity index (χ4v) is 2.16. The monoisotopic (exact) mass is 237 g/mol. The van der Waals surface area contributed by atoms with Crippen molar-refractivity contribution in [1.29, 1.82) is 0 Å². The van der Waals surface area contributed by atoms with E-state index in [0.717, 1.165) is 5.01 Å². The first kappa shape index (κ1) is 10.3. The van der Waals surface area contributed by atoms with E-state index in [9.17, 15) is 4.79 Å². The van der Waals surface area contributed by atoms with Gasteiger partial charge in [-0.15, -0.1) is 0 Å². The topological polar surface area (TPSA) is 59.2 Å².